The third-order valence-electron chi connectivity index (χ3n) is 2.30. The van der Waals surface area contributed by atoms with Gasteiger partial charge in [-0.2, -0.15) is 5.10 Å². The zero-order valence-corrected chi connectivity index (χ0v) is 11.0. The summed E-state index contributed by atoms with van der Waals surface area (Å²) in [7, 11) is 5.84. The lowest BCUT2D eigenvalue weighted by molar-refractivity contribution is 0.317. The number of hydrogen-bond donors (Lipinski definition) is 1. The first kappa shape index (κ1) is 12.0. The lowest BCUT2D eigenvalue weighted by atomic mass is 10.3. The van der Waals surface area contributed by atoms with Gasteiger partial charge in [0.1, 0.15) is 5.01 Å². The van der Waals surface area contributed by atoms with Gasteiger partial charge in [-0.1, -0.05) is 11.3 Å². The van der Waals surface area contributed by atoms with Gasteiger partial charge in [-0.05, 0) is 7.05 Å². The Morgan fingerprint density at radius 1 is 1.41 bits per heavy atom. The SMILES string of the molecule is CNc1nnc(CN(C)Cc2cnn(C)c2)s1. The van der Waals surface area contributed by atoms with Crippen molar-refractivity contribution in [3.8, 4) is 0 Å². The molecule has 0 aliphatic rings. The van der Waals surface area contributed by atoms with E-state index in [1.807, 2.05) is 31.2 Å². The topological polar surface area (TPSA) is 58.9 Å². The van der Waals surface area contributed by atoms with Gasteiger partial charge in [0.15, 0.2) is 0 Å². The van der Waals surface area contributed by atoms with Crippen LogP contribution in [0.5, 0.6) is 0 Å². The largest absolute Gasteiger partial charge is 0.363 e. The van der Waals surface area contributed by atoms with Gasteiger partial charge in [-0.3, -0.25) is 9.58 Å². The van der Waals surface area contributed by atoms with E-state index in [2.05, 4.69) is 32.6 Å². The lowest BCUT2D eigenvalue weighted by Gasteiger charge is -2.12. The van der Waals surface area contributed by atoms with Crippen molar-refractivity contribution < 1.29 is 0 Å². The van der Waals surface area contributed by atoms with E-state index in [4.69, 9.17) is 0 Å². The van der Waals surface area contributed by atoms with Crippen LogP contribution in [-0.2, 0) is 20.1 Å². The van der Waals surface area contributed by atoms with Crippen LogP contribution in [0.2, 0.25) is 0 Å². The molecule has 0 unspecified atom stereocenters. The average molecular weight is 252 g/mol. The molecule has 2 heterocycles. The van der Waals surface area contributed by atoms with Gasteiger partial charge in [-0.15, -0.1) is 10.2 Å². The second kappa shape index (κ2) is 5.24. The van der Waals surface area contributed by atoms with E-state index in [-0.39, 0.29) is 0 Å². The van der Waals surface area contributed by atoms with E-state index in [0.29, 0.717) is 0 Å². The minimum absolute atomic E-state index is 0.800. The van der Waals surface area contributed by atoms with Crippen molar-refractivity contribution in [3.05, 3.63) is 23.0 Å². The number of rotatable bonds is 5. The summed E-state index contributed by atoms with van der Waals surface area (Å²) in [5.41, 5.74) is 1.20. The van der Waals surface area contributed by atoms with Crippen LogP contribution < -0.4 is 5.32 Å². The molecular weight excluding hydrogens is 236 g/mol. The molecule has 0 radical (unpaired) electrons. The average Bonchev–Trinajstić information content (AvgIpc) is 2.88. The number of aryl methyl sites for hydroxylation is 1. The number of nitrogens with zero attached hydrogens (tertiary/aromatic N) is 5. The monoisotopic (exact) mass is 252 g/mol. The maximum atomic E-state index is 4.15. The van der Waals surface area contributed by atoms with Crippen LogP contribution in [0, 0.1) is 0 Å². The van der Waals surface area contributed by atoms with Crippen LogP contribution >= 0.6 is 11.3 Å². The molecule has 6 nitrogen and oxygen atoms in total. The molecule has 17 heavy (non-hydrogen) atoms. The Labute approximate surface area is 104 Å². The summed E-state index contributed by atoms with van der Waals surface area (Å²) in [5.74, 6) is 0. The van der Waals surface area contributed by atoms with Crippen molar-refractivity contribution in [2.75, 3.05) is 19.4 Å². The molecule has 0 saturated carbocycles. The van der Waals surface area contributed by atoms with E-state index < -0.39 is 0 Å². The minimum atomic E-state index is 0.800. The Hall–Kier alpha value is -1.47. The highest BCUT2D eigenvalue weighted by Gasteiger charge is 2.07. The second-order valence-electron chi connectivity index (χ2n) is 3.95. The first-order chi connectivity index (χ1) is 8.17. The van der Waals surface area contributed by atoms with Crippen LogP contribution in [0.15, 0.2) is 12.4 Å². The number of anilines is 1. The predicted octanol–water partition coefficient (Wildman–Crippen LogP) is 0.945. The highest BCUT2D eigenvalue weighted by Crippen LogP contribution is 2.16. The summed E-state index contributed by atoms with van der Waals surface area (Å²) in [6, 6.07) is 0. The molecule has 92 valence electrons. The highest BCUT2D eigenvalue weighted by atomic mass is 32.1. The maximum absolute atomic E-state index is 4.15. The Bertz CT molecular complexity index is 477. The fourth-order valence-corrected chi connectivity index (χ4v) is 2.34. The molecule has 0 bridgehead atoms. The van der Waals surface area contributed by atoms with Crippen molar-refractivity contribution in [1.82, 2.24) is 24.9 Å². The number of aromatic nitrogens is 4. The van der Waals surface area contributed by atoms with Crippen molar-refractivity contribution in [2.24, 2.45) is 7.05 Å². The first-order valence-corrected chi connectivity index (χ1v) is 6.15. The summed E-state index contributed by atoms with van der Waals surface area (Å²) >= 11 is 1.58. The third kappa shape index (κ3) is 3.24. The third-order valence-corrected chi connectivity index (χ3v) is 3.22. The van der Waals surface area contributed by atoms with Gasteiger partial charge < -0.3 is 5.32 Å². The Morgan fingerprint density at radius 3 is 2.82 bits per heavy atom. The van der Waals surface area contributed by atoms with Gasteiger partial charge in [0.2, 0.25) is 5.13 Å². The maximum Gasteiger partial charge on any atom is 0.205 e. The Balaban J connectivity index is 1.90. The quantitative estimate of drug-likeness (QED) is 0.858. The molecule has 7 heteroatoms. The standard InChI is InChI=1S/C10H16N6S/c1-11-10-14-13-9(17-10)7-15(2)5-8-4-12-16(3)6-8/h4,6H,5,7H2,1-3H3,(H,11,14). The summed E-state index contributed by atoms with van der Waals surface area (Å²) in [5, 5.41) is 17.1. The van der Waals surface area contributed by atoms with Crippen LogP contribution in [-0.4, -0.2) is 39.0 Å². The van der Waals surface area contributed by atoms with Crippen LogP contribution in [0.1, 0.15) is 10.6 Å². The van der Waals surface area contributed by atoms with Crippen LogP contribution in [0.25, 0.3) is 0 Å². The zero-order chi connectivity index (χ0) is 12.3. The van der Waals surface area contributed by atoms with Crippen molar-refractivity contribution >= 4 is 16.5 Å². The van der Waals surface area contributed by atoms with Crippen molar-refractivity contribution in [3.63, 3.8) is 0 Å². The highest BCUT2D eigenvalue weighted by molar-refractivity contribution is 7.15. The molecule has 0 saturated heterocycles. The summed E-state index contributed by atoms with van der Waals surface area (Å²) < 4.78 is 1.81. The molecule has 2 aromatic rings. The van der Waals surface area contributed by atoms with Crippen molar-refractivity contribution in [2.45, 2.75) is 13.1 Å². The molecule has 0 spiro atoms. The fourth-order valence-electron chi connectivity index (χ4n) is 1.57. The normalized spacial score (nSPS) is 11.1. The molecule has 0 aromatic carbocycles. The molecule has 0 atom stereocenters. The number of hydrogen-bond acceptors (Lipinski definition) is 6. The molecule has 0 aliphatic heterocycles. The minimum Gasteiger partial charge on any atom is -0.363 e. The van der Waals surface area contributed by atoms with E-state index in [9.17, 15) is 0 Å². The van der Waals surface area contributed by atoms with Gasteiger partial charge >= 0.3 is 0 Å². The molecule has 2 rings (SSSR count). The second-order valence-corrected chi connectivity index (χ2v) is 5.01. The molecule has 0 aliphatic carbocycles. The Kier molecular flexibility index (Phi) is 3.70. The number of nitrogens with one attached hydrogen (secondary N) is 1. The zero-order valence-electron chi connectivity index (χ0n) is 10.2. The smallest absolute Gasteiger partial charge is 0.205 e. The van der Waals surface area contributed by atoms with Crippen molar-refractivity contribution in [1.29, 1.82) is 0 Å². The van der Waals surface area contributed by atoms with E-state index in [0.717, 1.165) is 23.2 Å². The molecule has 1 N–H and O–H groups in total. The fraction of sp³-hybridized carbons (Fsp3) is 0.500. The van der Waals surface area contributed by atoms with Gasteiger partial charge in [0, 0.05) is 32.4 Å². The van der Waals surface area contributed by atoms with Gasteiger partial charge in [0.05, 0.1) is 12.7 Å². The molecule has 0 fully saturated rings. The Morgan fingerprint density at radius 2 is 2.24 bits per heavy atom. The van der Waals surface area contributed by atoms with E-state index in [1.54, 1.807) is 11.3 Å². The van der Waals surface area contributed by atoms with Gasteiger partial charge in [0.25, 0.3) is 0 Å². The first-order valence-electron chi connectivity index (χ1n) is 5.33. The van der Waals surface area contributed by atoms with E-state index >= 15 is 0 Å². The summed E-state index contributed by atoms with van der Waals surface area (Å²) in [4.78, 5) is 2.19. The van der Waals surface area contributed by atoms with Crippen LogP contribution in [0.3, 0.4) is 0 Å². The molecule has 0 amide bonds. The lowest BCUT2D eigenvalue weighted by Crippen LogP contribution is -2.16. The van der Waals surface area contributed by atoms with Gasteiger partial charge in [-0.25, -0.2) is 0 Å². The molecule has 2 aromatic heterocycles. The van der Waals surface area contributed by atoms with Crippen LogP contribution in [0.4, 0.5) is 5.13 Å². The van der Waals surface area contributed by atoms with E-state index in [1.165, 1.54) is 5.56 Å². The summed E-state index contributed by atoms with van der Waals surface area (Å²) in [6.07, 6.45) is 3.91. The molecular formula is C10H16N6S. The predicted molar refractivity (Wildman–Crippen MR) is 67.8 cm³/mol. The summed E-state index contributed by atoms with van der Waals surface area (Å²) in [6.45, 7) is 1.66.